The van der Waals surface area contributed by atoms with E-state index in [9.17, 15) is 4.79 Å². The first-order valence-electron chi connectivity index (χ1n) is 7.06. The molecule has 112 valence electrons. The Morgan fingerprint density at radius 1 is 1.50 bits per heavy atom. The fraction of sp³-hybridized carbons (Fsp3) is 0.643. The maximum Gasteiger partial charge on any atom is 0.268 e. The van der Waals surface area contributed by atoms with Crippen LogP contribution in [0.25, 0.3) is 0 Å². The molecule has 1 aliphatic carbocycles. The minimum Gasteiger partial charge on any atom is -0.397 e. The zero-order chi connectivity index (χ0) is 14.5. The molecule has 0 radical (unpaired) electrons. The molecule has 0 spiro atoms. The van der Waals surface area contributed by atoms with Crippen LogP contribution in [-0.2, 0) is 4.74 Å². The van der Waals surface area contributed by atoms with Crippen LogP contribution >= 0.6 is 0 Å². The number of hydrogen-bond acceptors (Lipinski definition) is 4. The molecule has 1 aromatic rings. The highest BCUT2D eigenvalue weighted by Crippen LogP contribution is 2.37. The number of amides is 1. The number of hydrogen-bond donors (Lipinski definition) is 2. The van der Waals surface area contributed by atoms with Crippen LogP contribution in [0.4, 0.5) is 5.69 Å². The van der Waals surface area contributed by atoms with Crippen LogP contribution in [0.5, 0.6) is 0 Å². The highest BCUT2D eigenvalue weighted by molar-refractivity contribution is 5.93. The van der Waals surface area contributed by atoms with E-state index in [1.807, 2.05) is 24.9 Å². The second-order valence-electron chi connectivity index (χ2n) is 5.47. The number of rotatable bonds is 8. The number of nitrogens with two attached hydrogens (primary N) is 1. The lowest BCUT2D eigenvalue weighted by molar-refractivity contribution is 0.0892. The van der Waals surface area contributed by atoms with Gasteiger partial charge in [-0.3, -0.25) is 4.79 Å². The molecular weight excluding hydrogens is 256 g/mol. The van der Waals surface area contributed by atoms with Crippen LogP contribution < -0.4 is 11.1 Å². The molecule has 1 heterocycles. The molecule has 6 nitrogen and oxygen atoms in total. The monoisotopic (exact) mass is 280 g/mol. The van der Waals surface area contributed by atoms with Gasteiger partial charge in [-0.2, -0.15) is 0 Å². The highest BCUT2D eigenvalue weighted by Gasteiger charge is 2.27. The second kappa shape index (κ2) is 6.76. The van der Waals surface area contributed by atoms with Crippen molar-refractivity contribution in [2.45, 2.75) is 18.9 Å². The number of carbonyl (C=O) groups is 1. The summed E-state index contributed by atoms with van der Waals surface area (Å²) in [6.07, 6.45) is 4.10. The maximum atomic E-state index is 12.1. The summed E-state index contributed by atoms with van der Waals surface area (Å²) in [5, 5.41) is 2.87. The summed E-state index contributed by atoms with van der Waals surface area (Å²) >= 11 is 0. The Hall–Kier alpha value is -1.53. The zero-order valence-corrected chi connectivity index (χ0v) is 12.3. The number of nitrogen functional groups attached to an aromatic ring is 1. The first kappa shape index (κ1) is 14.9. The van der Waals surface area contributed by atoms with Gasteiger partial charge in [-0.25, -0.2) is 0 Å². The van der Waals surface area contributed by atoms with E-state index in [2.05, 4.69) is 10.2 Å². The average molecular weight is 280 g/mol. The standard InChI is InChI=1S/C14H24N4O2/c1-17(2)6-8-20-7-5-16-14(19)13-9-11(15)10-18(13)12-3-4-12/h9-10,12H,3-8,15H2,1-2H3,(H,16,19). The fourth-order valence-electron chi connectivity index (χ4n) is 2.01. The molecule has 20 heavy (non-hydrogen) atoms. The van der Waals surface area contributed by atoms with E-state index in [0.29, 0.717) is 37.2 Å². The predicted molar refractivity (Wildman–Crippen MR) is 78.8 cm³/mol. The lowest BCUT2D eigenvalue weighted by Gasteiger charge is -2.11. The van der Waals surface area contributed by atoms with E-state index in [0.717, 1.165) is 19.4 Å². The van der Waals surface area contributed by atoms with Crippen LogP contribution in [0, 0.1) is 0 Å². The molecule has 1 fully saturated rings. The van der Waals surface area contributed by atoms with Crippen molar-refractivity contribution in [3.8, 4) is 0 Å². The molecule has 0 aromatic carbocycles. The van der Waals surface area contributed by atoms with Gasteiger partial charge in [-0.05, 0) is 33.0 Å². The minimum absolute atomic E-state index is 0.0789. The van der Waals surface area contributed by atoms with Crippen LogP contribution in [0.3, 0.4) is 0 Å². The lowest BCUT2D eigenvalue weighted by Crippen LogP contribution is -2.29. The number of nitrogens with zero attached hydrogens (tertiary/aromatic N) is 2. The van der Waals surface area contributed by atoms with Crippen molar-refractivity contribution in [1.29, 1.82) is 0 Å². The molecule has 1 aliphatic rings. The summed E-state index contributed by atoms with van der Waals surface area (Å²) in [5.74, 6) is -0.0789. The number of aromatic nitrogens is 1. The first-order chi connectivity index (χ1) is 9.58. The molecule has 1 aromatic heterocycles. The Morgan fingerprint density at radius 2 is 2.25 bits per heavy atom. The van der Waals surface area contributed by atoms with Gasteiger partial charge in [0.15, 0.2) is 0 Å². The van der Waals surface area contributed by atoms with Crippen molar-refractivity contribution in [3.63, 3.8) is 0 Å². The van der Waals surface area contributed by atoms with Gasteiger partial charge in [0.2, 0.25) is 0 Å². The molecule has 2 rings (SSSR count). The highest BCUT2D eigenvalue weighted by atomic mass is 16.5. The molecule has 3 N–H and O–H groups in total. The molecule has 0 atom stereocenters. The topological polar surface area (TPSA) is 72.5 Å². The van der Waals surface area contributed by atoms with Crippen molar-refractivity contribution < 1.29 is 9.53 Å². The third-order valence-corrected chi connectivity index (χ3v) is 3.26. The third-order valence-electron chi connectivity index (χ3n) is 3.26. The van der Waals surface area contributed by atoms with E-state index in [1.54, 1.807) is 6.07 Å². The quantitative estimate of drug-likeness (QED) is 0.688. The Morgan fingerprint density at radius 3 is 2.90 bits per heavy atom. The molecule has 0 saturated heterocycles. The molecular formula is C14H24N4O2. The van der Waals surface area contributed by atoms with Gasteiger partial charge in [0.05, 0.1) is 18.9 Å². The summed E-state index contributed by atoms with van der Waals surface area (Å²) < 4.78 is 7.42. The lowest BCUT2D eigenvalue weighted by atomic mass is 10.3. The van der Waals surface area contributed by atoms with Gasteiger partial charge >= 0.3 is 0 Å². The zero-order valence-electron chi connectivity index (χ0n) is 12.3. The van der Waals surface area contributed by atoms with Crippen molar-refractivity contribution in [2.24, 2.45) is 0 Å². The second-order valence-corrected chi connectivity index (χ2v) is 5.47. The smallest absolute Gasteiger partial charge is 0.268 e. The van der Waals surface area contributed by atoms with Gasteiger partial charge in [-0.15, -0.1) is 0 Å². The molecule has 0 bridgehead atoms. The SMILES string of the molecule is CN(C)CCOCCNC(=O)c1cc(N)cn1C1CC1. The summed E-state index contributed by atoms with van der Waals surface area (Å²) in [6.45, 7) is 2.60. The van der Waals surface area contributed by atoms with Gasteiger partial charge in [0.1, 0.15) is 5.69 Å². The third kappa shape index (κ3) is 4.25. The Bertz CT molecular complexity index is 452. The normalized spacial score (nSPS) is 14.8. The predicted octanol–water partition coefficient (Wildman–Crippen LogP) is 0.713. The van der Waals surface area contributed by atoms with Gasteiger partial charge in [0.25, 0.3) is 5.91 Å². The minimum atomic E-state index is -0.0789. The summed E-state index contributed by atoms with van der Waals surface area (Å²) in [7, 11) is 4.00. The molecule has 0 unspecified atom stereocenters. The number of ether oxygens (including phenoxy) is 1. The molecule has 1 amide bonds. The van der Waals surface area contributed by atoms with Crippen LogP contribution in [-0.4, -0.2) is 55.8 Å². The average Bonchev–Trinajstić information content (AvgIpc) is 3.16. The van der Waals surface area contributed by atoms with Gasteiger partial charge in [-0.1, -0.05) is 0 Å². The summed E-state index contributed by atoms with van der Waals surface area (Å²) in [5.41, 5.74) is 7.07. The van der Waals surface area contributed by atoms with Crippen LogP contribution in [0.15, 0.2) is 12.3 Å². The maximum absolute atomic E-state index is 12.1. The number of anilines is 1. The van der Waals surface area contributed by atoms with Crippen LogP contribution in [0.2, 0.25) is 0 Å². The fourth-order valence-corrected chi connectivity index (χ4v) is 2.01. The van der Waals surface area contributed by atoms with E-state index in [-0.39, 0.29) is 5.91 Å². The van der Waals surface area contributed by atoms with Gasteiger partial charge in [0, 0.05) is 25.3 Å². The Kier molecular flexibility index (Phi) is 5.03. The van der Waals surface area contributed by atoms with E-state index < -0.39 is 0 Å². The van der Waals surface area contributed by atoms with Crippen LogP contribution in [0.1, 0.15) is 29.4 Å². The van der Waals surface area contributed by atoms with E-state index in [1.165, 1.54) is 0 Å². The van der Waals surface area contributed by atoms with Gasteiger partial charge < -0.3 is 25.3 Å². The van der Waals surface area contributed by atoms with Crippen molar-refractivity contribution in [2.75, 3.05) is 46.1 Å². The van der Waals surface area contributed by atoms with E-state index in [4.69, 9.17) is 10.5 Å². The van der Waals surface area contributed by atoms with E-state index >= 15 is 0 Å². The number of nitrogens with one attached hydrogen (secondary N) is 1. The summed E-state index contributed by atoms with van der Waals surface area (Å²) in [4.78, 5) is 14.2. The van der Waals surface area contributed by atoms with Crippen molar-refractivity contribution in [3.05, 3.63) is 18.0 Å². The molecule has 1 saturated carbocycles. The Labute approximate surface area is 119 Å². The van der Waals surface area contributed by atoms with Crippen molar-refractivity contribution in [1.82, 2.24) is 14.8 Å². The largest absolute Gasteiger partial charge is 0.397 e. The summed E-state index contributed by atoms with van der Waals surface area (Å²) in [6, 6.07) is 2.19. The molecule has 0 aliphatic heterocycles. The van der Waals surface area contributed by atoms with Crippen molar-refractivity contribution >= 4 is 11.6 Å². The number of carbonyl (C=O) groups excluding carboxylic acids is 1. The molecule has 6 heteroatoms. The Balaban J connectivity index is 1.72. The number of likely N-dealkylation sites (N-methyl/N-ethyl adjacent to an activating group) is 1. The first-order valence-corrected chi connectivity index (χ1v) is 7.06.